The van der Waals surface area contributed by atoms with Crippen LogP contribution in [0.1, 0.15) is 51.0 Å². The number of aryl methyl sites for hydroxylation is 1. The van der Waals surface area contributed by atoms with Gasteiger partial charge in [0.2, 0.25) is 0 Å². The molecule has 0 aliphatic heterocycles. The Kier molecular flexibility index (Phi) is 16.9. The van der Waals surface area contributed by atoms with Crippen molar-refractivity contribution in [3.63, 3.8) is 0 Å². The fourth-order valence-electron chi connectivity index (χ4n) is 3.03. The van der Waals surface area contributed by atoms with Crippen molar-refractivity contribution in [3.05, 3.63) is 29.8 Å². The summed E-state index contributed by atoms with van der Waals surface area (Å²) in [4.78, 5) is 0. The van der Waals surface area contributed by atoms with Crippen molar-refractivity contribution in [2.24, 2.45) is 0 Å². The normalized spacial score (nSPS) is 11.7. The molecule has 0 spiro atoms. The standard InChI is InChI=1S/C25H46O5Si/c1-5-6-7-8-9-10-11-24-12-14-25(15-13-24)29-22-20-27-18-16-26-17-19-28-21-23-30-31(2,3)4/h12-15H,5-11,16-23H2,1-4H3. The zero-order valence-corrected chi connectivity index (χ0v) is 21.5. The smallest absolute Gasteiger partial charge is 0.183 e. The van der Waals surface area contributed by atoms with Crippen LogP contribution in [0.5, 0.6) is 5.75 Å². The van der Waals surface area contributed by atoms with Crippen LogP contribution in [0.25, 0.3) is 0 Å². The molecule has 0 amide bonds. The largest absolute Gasteiger partial charge is 0.491 e. The van der Waals surface area contributed by atoms with Gasteiger partial charge >= 0.3 is 0 Å². The molecule has 0 aliphatic rings. The second-order valence-corrected chi connectivity index (χ2v) is 13.3. The van der Waals surface area contributed by atoms with E-state index in [-0.39, 0.29) is 0 Å². The molecular weight excluding hydrogens is 408 g/mol. The molecule has 0 N–H and O–H groups in total. The van der Waals surface area contributed by atoms with E-state index in [0.29, 0.717) is 52.9 Å². The lowest BCUT2D eigenvalue weighted by Crippen LogP contribution is -2.27. The summed E-state index contributed by atoms with van der Waals surface area (Å²) in [5.41, 5.74) is 1.39. The van der Waals surface area contributed by atoms with Gasteiger partial charge in [0.25, 0.3) is 0 Å². The van der Waals surface area contributed by atoms with Gasteiger partial charge in [-0.1, -0.05) is 51.2 Å². The Hall–Kier alpha value is -0.923. The summed E-state index contributed by atoms with van der Waals surface area (Å²) in [6, 6.07) is 8.47. The first-order valence-electron chi connectivity index (χ1n) is 12.1. The lowest BCUT2D eigenvalue weighted by molar-refractivity contribution is 0.00461. The molecular formula is C25H46O5Si. The molecule has 0 aliphatic carbocycles. The van der Waals surface area contributed by atoms with Gasteiger partial charge < -0.3 is 23.4 Å². The number of hydrogen-bond donors (Lipinski definition) is 0. The Bertz CT molecular complexity index is 516. The minimum absolute atomic E-state index is 0.553. The Morgan fingerprint density at radius 1 is 0.613 bits per heavy atom. The van der Waals surface area contributed by atoms with E-state index in [2.05, 4.69) is 50.8 Å². The van der Waals surface area contributed by atoms with Crippen molar-refractivity contribution >= 4 is 8.32 Å². The molecule has 0 saturated carbocycles. The van der Waals surface area contributed by atoms with E-state index in [1.165, 1.54) is 44.1 Å². The topological polar surface area (TPSA) is 46.2 Å². The van der Waals surface area contributed by atoms with Gasteiger partial charge in [-0.15, -0.1) is 0 Å². The molecule has 0 atom stereocenters. The van der Waals surface area contributed by atoms with E-state index in [9.17, 15) is 0 Å². The quantitative estimate of drug-likeness (QED) is 0.172. The molecule has 0 bridgehead atoms. The second-order valence-electron chi connectivity index (χ2n) is 8.81. The molecule has 0 unspecified atom stereocenters. The van der Waals surface area contributed by atoms with Gasteiger partial charge in [-0.3, -0.25) is 0 Å². The van der Waals surface area contributed by atoms with Crippen molar-refractivity contribution in [1.29, 1.82) is 0 Å². The van der Waals surface area contributed by atoms with Crippen LogP contribution >= 0.6 is 0 Å². The van der Waals surface area contributed by atoms with Crippen LogP contribution in [0, 0.1) is 0 Å². The van der Waals surface area contributed by atoms with Gasteiger partial charge in [0.1, 0.15) is 12.4 Å². The number of hydrogen-bond acceptors (Lipinski definition) is 5. The predicted octanol–water partition coefficient (Wildman–Crippen LogP) is 5.87. The lowest BCUT2D eigenvalue weighted by Gasteiger charge is -2.16. The molecule has 0 saturated heterocycles. The van der Waals surface area contributed by atoms with E-state index in [4.69, 9.17) is 23.4 Å². The Morgan fingerprint density at radius 2 is 1.13 bits per heavy atom. The van der Waals surface area contributed by atoms with Gasteiger partial charge in [0.05, 0.1) is 46.2 Å². The molecule has 0 aromatic heterocycles. The summed E-state index contributed by atoms with van der Waals surface area (Å²) < 4.78 is 28.0. The fourth-order valence-corrected chi connectivity index (χ4v) is 3.72. The van der Waals surface area contributed by atoms with E-state index in [0.717, 1.165) is 12.2 Å². The first kappa shape index (κ1) is 28.1. The highest BCUT2D eigenvalue weighted by Crippen LogP contribution is 2.15. The molecule has 0 radical (unpaired) electrons. The van der Waals surface area contributed by atoms with Crippen molar-refractivity contribution in [2.75, 3.05) is 52.9 Å². The molecule has 0 heterocycles. The summed E-state index contributed by atoms with van der Waals surface area (Å²) in [5, 5.41) is 0. The number of ether oxygens (including phenoxy) is 4. The van der Waals surface area contributed by atoms with Crippen LogP contribution in [0.15, 0.2) is 24.3 Å². The monoisotopic (exact) mass is 454 g/mol. The second kappa shape index (κ2) is 18.6. The Labute approximate surface area is 191 Å². The maximum Gasteiger partial charge on any atom is 0.183 e. The summed E-state index contributed by atoms with van der Waals surface area (Å²) in [7, 11) is -1.43. The molecule has 5 nitrogen and oxygen atoms in total. The maximum atomic E-state index is 5.74. The van der Waals surface area contributed by atoms with E-state index in [1.807, 2.05) is 0 Å². The summed E-state index contributed by atoms with van der Waals surface area (Å²) in [6.45, 7) is 13.5. The molecule has 31 heavy (non-hydrogen) atoms. The number of benzene rings is 1. The van der Waals surface area contributed by atoms with Crippen molar-refractivity contribution in [3.8, 4) is 5.75 Å². The number of unbranched alkanes of at least 4 members (excludes halogenated alkanes) is 5. The first-order chi connectivity index (χ1) is 15.0. The minimum Gasteiger partial charge on any atom is -0.491 e. The van der Waals surface area contributed by atoms with Crippen molar-refractivity contribution < 1.29 is 23.4 Å². The molecule has 180 valence electrons. The highest BCUT2D eigenvalue weighted by atomic mass is 28.4. The van der Waals surface area contributed by atoms with Crippen molar-refractivity contribution in [2.45, 2.75) is 71.5 Å². The molecule has 1 rings (SSSR count). The van der Waals surface area contributed by atoms with E-state index in [1.54, 1.807) is 0 Å². The highest BCUT2D eigenvalue weighted by molar-refractivity contribution is 6.69. The third-order valence-corrected chi connectivity index (χ3v) is 5.82. The summed E-state index contributed by atoms with van der Waals surface area (Å²) in [5.74, 6) is 0.904. The third-order valence-electron chi connectivity index (χ3n) is 4.75. The van der Waals surface area contributed by atoms with E-state index >= 15 is 0 Å². The minimum atomic E-state index is -1.43. The molecule has 1 aromatic carbocycles. The first-order valence-corrected chi connectivity index (χ1v) is 15.5. The molecule has 6 heteroatoms. The average Bonchev–Trinajstić information content (AvgIpc) is 2.74. The zero-order chi connectivity index (χ0) is 22.6. The van der Waals surface area contributed by atoms with Crippen molar-refractivity contribution in [1.82, 2.24) is 0 Å². The fraction of sp³-hybridized carbons (Fsp3) is 0.760. The Balaban J connectivity index is 1.89. The number of rotatable bonds is 21. The van der Waals surface area contributed by atoms with Crippen LogP contribution in [0.4, 0.5) is 0 Å². The SMILES string of the molecule is CCCCCCCCc1ccc(OCCOCCOCCOCCO[Si](C)(C)C)cc1. The zero-order valence-electron chi connectivity index (χ0n) is 20.5. The maximum absolute atomic E-state index is 5.74. The van der Waals surface area contributed by atoms with Crippen LogP contribution in [-0.2, 0) is 25.1 Å². The van der Waals surface area contributed by atoms with Crippen LogP contribution in [-0.4, -0.2) is 61.2 Å². The molecule has 0 fully saturated rings. The van der Waals surface area contributed by atoms with Crippen LogP contribution in [0.3, 0.4) is 0 Å². The van der Waals surface area contributed by atoms with Gasteiger partial charge in [-0.25, -0.2) is 0 Å². The van der Waals surface area contributed by atoms with Crippen LogP contribution in [0.2, 0.25) is 19.6 Å². The lowest BCUT2D eigenvalue weighted by atomic mass is 10.0. The Morgan fingerprint density at radius 3 is 1.71 bits per heavy atom. The molecule has 1 aromatic rings. The van der Waals surface area contributed by atoms with Gasteiger partial charge in [-0.2, -0.15) is 0 Å². The third kappa shape index (κ3) is 18.4. The summed E-state index contributed by atoms with van der Waals surface area (Å²) in [6.07, 6.45) is 9.19. The van der Waals surface area contributed by atoms with Gasteiger partial charge in [-0.05, 0) is 50.2 Å². The van der Waals surface area contributed by atoms with Gasteiger partial charge in [0, 0.05) is 0 Å². The summed E-state index contributed by atoms with van der Waals surface area (Å²) >= 11 is 0. The van der Waals surface area contributed by atoms with E-state index < -0.39 is 8.32 Å². The van der Waals surface area contributed by atoms with Gasteiger partial charge in [0.15, 0.2) is 8.32 Å². The predicted molar refractivity (Wildman–Crippen MR) is 131 cm³/mol. The average molecular weight is 455 g/mol. The van der Waals surface area contributed by atoms with Crippen LogP contribution < -0.4 is 4.74 Å². The highest BCUT2D eigenvalue weighted by Gasteiger charge is 2.12.